The van der Waals surface area contributed by atoms with Gasteiger partial charge in [0.2, 0.25) is 0 Å². The Bertz CT molecular complexity index is 4370. The van der Waals surface area contributed by atoms with E-state index in [-0.39, 0.29) is 0 Å². The first-order valence-corrected chi connectivity index (χ1v) is 23.9. The molecule has 1 heteroatoms. The first kappa shape index (κ1) is 38.1. The SMILES string of the molecule is c1ccc2cc(-c3c4ccccc4c(-c4ccc5oc6ccc(-c7c8ccccc8c(-c8ccc9ccccc9c8)c8c7ccc7ccccc78)cc6c5c4)c4ccc5ccccc5c34)ccc2c1. The van der Waals surface area contributed by atoms with Crippen molar-refractivity contribution in [1.29, 1.82) is 0 Å². The van der Waals surface area contributed by atoms with Crippen molar-refractivity contribution in [2.75, 3.05) is 0 Å². The molecule has 0 aliphatic carbocycles. The highest BCUT2D eigenvalue weighted by molar-refractivity contribution is 6.30. The summed E-state index contributed by atoms with van der Waals surface area (Å²) in [6.07, 6.45) is 0. The number of hydrogen-bond donors (Lipinski definition) is 0. The van der Waals surface area contributed by atoms with Gasteiger partial charge >= 0.3 is 0 Å². The Hall–Kier alpha value is -9.04. The first-order chi connectivity index (χ1) is 34.2. The normalized spacial score (nSPS) is 12.1. The summed E-state index contributed by atoms with van der Waals surface area (Å²) < 4.78 is 6.72. The molecule has 318 valence electrons. The van der Waals surface area contributed by atoms with Crippen LogP contribution in [0, 0.1) is 0 Å². The molecule has 0 unspecified atom stereocenters. The molecule has 69 heavy (non-hydrogen) atoms. The number of benzene rings is 14. The van der Waals surface area contributed by atoms with Gasteiger partial charge in [0.15, 0.2) is 0 Å². The third kappa shape index (κ3) is 5.71. The fourth-order valence-corrected chi connectivity index (χ4v) is 11.9. The second kappa shape index (κ2) is 14.7. The van der Waals surface area contributed by atoms with Crippen LogP contribution >= 0.6 is 0 Å². The van der Waals surface area contributed by atoms with Crippen molar-refractivity contribution < 1.29 is 4.42 Å². The predicted molar refractivity (Wildman–Crippen MR) is 296 cm³/mol. The van der Waals surface area contributed by atoms with Crippen molar-refractivity contribution in [3.05, 3.63) is 243 Å². The van der Waals surface area contributed by atoms with Crippen LogP contribution in [-0.4, -0.2) is 0 Å². The van der Waals surface area contributed by atoms with E-state index < -0.39 is 0 Å². The molecule has 0 aliphatic rings. The van der Waals surface area contributed by atoms with Crippen LogP contribution in [0.4, 0.5) is 0 Å². The fourth-order valence-electron chi connectivity index (χ4n) is 11.9. The Labute approximate surface area is 397 Å². The van der Waals surface area contributed by atoms with Gasteiger partial charge < -0.3 is 4.42 Å². The third-order valence-corrected chi connectivity index (χ3v) is 15.0. The summed E-state index contributed by atoms with van der Waals surface area (Å²) in [5.74, 6) is 0. The molecule has 1 heterocycles. The molecule has 0 amide bonds. The van der Waals surface area contributed by atoms with Crippen molar-refractivity contribution in [3.8, 4) is 44.5 Å². The zero-order chi connectivity index (χ0) is 45.2. The molecule has 15 aromatic rings. The second-order valence-corrected chi connectivity index (χ2v) is 18.7. The lowest BCUT2D eigenvalue weighted by molar-refractivity contribution is 0.669. The number of rotatable bonds is 4. The standard InChI is InChI=1S/C68H40O/c1-3-17-45-37-47(27-25-41(45)13-1)65-55-23-11-9-21-53(55)63(57-33-29-43-15-5-7-19-51(43)67(57)65)49-31-35-61-59(39-49)60-40-50(32-36-62(60)69-61)64-54-22-10-12-24-56(54)66(48-28-26-42-14-2-4-18-46(42)38-48)68-52-20-8-6-16-44(52)30-34-58(64)68/h1-40H. The van der Waals surface area contributed by atoms with Gasteiger partial charge in [0.05, 0.1) is 0 Å². The molecular weight excluding hydrogens is 833 g/mol. The maximum absolute atomic E-state index is 6.72. The highest BCUT2D eigenvalue weighted by atomic mass is 16.3. The van der Waals surface area contributed by atoms with Crippen molar-refractivity contribution in [1.82, 2.24) is 0 Å². The van der Waals surface area contributed by atoms with Crippen LogP contribution in [0.1, 0.15) is 0 Å². The van der Waals surface area contributed by atoms with Crippen molar-refractivity contribution in [3.63, 3.8) is 0 Å². The van der Waals surface area contributed by atoms with Crippen molar-refractivity contribution in [2.24, 2.45) is 0 Å². The summed E-state index contributed by atoms with van der Waals surface area (Å²) in [6, 6.07) is 89.8. The van der Waals surface area contributed by atoms with Gasteiger partial charge in [0.1, 0.15) is 11.2 Å². The van der Waals surface area contributed by atoms with Gasteiger partial charge in [-0.05, 0) is 167 Å². The highest BCUT2D eigenvalue weighted by Gasteiger charge is 2.22. The zero-order valence-corrected chi connectivity index (χ0v) is 37.5. The molecule has 0 radical (unpaired) electrons. The Balaban J connectivity index is 0.990. The molecule has 0 spiro atoms. The number of furan rings is 1. The smallest absolute Gasteiger partial charge is 0.135 e. The van der Waals surface area contributed by atoms with Crippen LogP contribution in [0.15, 0.2) is 247 Å². The summed E-state index contributed by atoms with van der Waals surface area (Å²) in [6.45, 7) is 0. The minimum atomic E-state index is 0.880. The van der Waals surface area contributed by atoms with Crippen molar-refractivity contribution in [2.45, 2.75) is 0 Å². The van der Waals surface area contributed by atoms with Crippen LogP contribution < -0.4 is 0 Å². The zero-order valence-electron chi connectivity index (χ0n) is 37.5. The quantitative estimate of drug-likeness (QED) is 0.127. The predicted octanol–water partition coefficient (Wildman–Crippen LogP) is 19.5. The molecule has 14 aromatic carbocycles. The van der Waals surface area contributed by atoms with Gasteiger partial charge in [-0.3, -0.25) is 0 Å². The van der Waals surface area contributed by atoms with Gasteiger partial charge in [0.25, 0.3) is 0 Å². The average Bonchev–Trinajstić information content (AvgIpc) is 3.78. The van der Waals surface area contributed by atoms with E-state index in [2.05, 4.69) is 243 Å². The van der Waals surface area contributed by atoms with Crippen LogP contribution in [0.3, 0.4) is 0 Å². The van der Waals surface area contributed by atoms with Crippen molar-refractivity contribution >= 4 is 108 Å². The third-order valence-electron chi connectivity index (χ3n) is 15.0. The van der Waals surface area contributed by atoms with E-state index in [4.69, 9.17) is 4.42 Å². The van der Waals surface area contributed by atoms with E-state index in [1.54, 1.807) is 0 Å². The lowest BCUT2D eigenvalue weighted by Gasteiger charge is -2.20. The Morgan fingerprint density at radius 1 is 0.188 bits per heavy atom. The second-order valence-electron chi connectivity index (χ2n) is 18.7. The molecule has 1 aromatic heterocycles. The lowest BCUT2D eigenvalue weighted by Crippen LogP contribution is -1.92. The summed E-state index contributed by atoms with van der Waals surface area (Å²) in [7, 11) is 0. The monoisotopic (exact) mass is 872 g/mol. The first-order valence-electron chi connectivity index (χ1n) is 23.9. The maximum Gasteiger partial charge on any atom is 0.135 e. The largest absolute Gasteiger partial charge is 0.456 e. The molecule has 1 nitrogen and oxygen atoms in total. The van der Waals surface area contributed by atoms with E-state index >= 15 is 0 Å². The van der Waals surface area contributed by atoms with E-state index in [1.807, 2.05) is 0 Å². The fraction of sp³-hybridized carbons (Fsp3) is 0. The minimum Gasteiger partial charge on any atom is -0.456 e. The average molecular weight is 873 g/mol. The lowest BCUT2D eigenvalue weighted by atomic mass is 9.83. The van der Waals surface area contributed by atoms with E-state index in [0.29, 0.717) is 0 Å². The molecule has 0 atom stereocenters. The highest BCUT2D eigenvalue weighted by Crippen LogP contribution is 2.50. The van der Waals surface area contributed by atoms with Gasteiger partial charge in [-0.15, -0.1) is 0 Å². The van der Waals surface area contributed by atoms with E-state index in [0.717, 1.165) is 21.9 Å². The topological polar surface area (TPSA) is 13.1 Å². The molecule has 0 saturated heterocycles. The van der Waals surface area contributed by atoms with Crippen LogP contribution in [0.25, 0.3) is 153 Å². The van der Waals surface area contributed by atoms with Crippen LogP contribution in [0.5, 0.6) is 0 Å². The summed E-state index contributed by atoms with van der Waals surface area (Å²) in [5, 5.41) is 22.1. The van der Waals surface area contributed by atoms with Gasteiger partial charge in [-0.25, -0.2) is 0 Å². The summed E-state index contributed by atoms with van der Waals surface area (Å²) in [4.78, 5) is 0. The molecule has 0 aliphatic heterocycles. The molecule has 0 bridgehead atoms. The molecule has 0 saturated carbocycles. The maximum atomic E-state index is 6.72. The molecule has 15 rings (SSSR count). The Kier molecular flexibility index (Phi) is 8.13. The molecular formula is C68H40O. The Morgan fingerprint density at radius 3 is 0.942 bits per heavy atom. The van der Waals surface area contributed by atoms with Crippen LogP contribution in [0.2, 0.25) is 0 Å². The van der Waals surface area contributed by atoms with Crippen LogP contribution in [-0.2, 0) is 0 Å². The number of hydrogen-bond acceptors (Lipinski definition) is 1. The van der Waals surface area contributed by atoms with E-state index in [1.165, 1.54) is 131 Å². The summed E-state index contributed by atoms with van der Waals surface area (Å²) >= 11 is 0. The van der Waals surface area contributed by atoms with Gasteiger partial charge in [-0.2, -0.15) is 0 Å². The van der Waals surface area contributed by atoms with Gasteiger partial charge in [0, 0.05) is 10.8 Å². The minimum absolute atomic E-state index is 0.880. The summed E-state index contributed by atoms with van der Waals surface area (Å²) in [5.41, 5.74) is 11.5. The number of fused-ring (bicyclic) bond motifs is 13. The molecule has 0 fully saturated rings. The van der Waals surface area contributed by atoms with Gasteiger partial charge in [-0.1, -0.05) is 206 Å². The molecule has 0 N–H and O–H groups in total. The van der Waals surface area contributed by atoms with E-state index in [9.17, 15) is 0 Å². The Morgan fingerprint density at radius 2 is 0.507 bits per heavy atom.